The van der Waals surface area contributed by atoms with Gasteiger partial charge in [0.05, 0.1) is 4.88 Å². The van der Waals surface area contributed by atoms with Crippen molar-refractivity contribution in [2.75, 3.05) is 0 Å². The van der Waals surface area contributed by atoms with Crippen LogP contribution in [0, 0.1) is 0 Å². The molecule has 0 aliphatic heterocycles. The predicted octanol–water partition coefficient (Wildman–Crippen LogP) is 2.87. The first-order valence-corrected chi connectivity index (χ1v) is 7.16. The van der Waals surface area contributed by atoms with Crippen LogP contribution < -0.4 is 5.32 Å². The highest BCUT2D eigenvalue weighted by molar-refractivity contribution is 7.12. The number of carbonyl (C=O) groups is 2. The minimum absolute atomic E-state index is 0.340. The predicted molar refractivity (Wildman–Crippen MR) is 78.0 cm³/mol. The molecule has 4 nitrogen and oxygen atoms in total. The van der Waals surface area contributed by atoms with Gasteiger partial charge in [0.1, 0.15) is 0 Å². The summed E-state index contributed by atoms with van der Waals surface area (Å²) in [5, 5.41) is 13.7. The lowest BCUT2D eigenvalue weighted by atomic mass is 10.1. The van der Waals surface area contributed by atoms with Crippen LogP contribution in [0.3, 0.4) is 0 Å². The molecule has 20 heavy (non-hydrogen) atoms. The summed E-state index contributed by atoms with van der Waals surface area (Å²) in [6.07, 6.45) is 0.745. The van der Waals surface area contributed by atoms with Gasteiger partial charge in [-0.1, -0.05) is 37.3 Å². The van der Waals surface area contributed by atoms with Gasteiger partial charge in [0.25, 0.3) is 5.91 Å². The van der Waals surface area contributed by atoms with Crippen molar-refractivity contribution in [2.45, 2.75) is 19.4 Å². The average Bonchev–Trinajstić information content (AvgIpc) is 2.93. The Labute approximate surface area is 121 Å². The molecule has 1 atom stereocenters. The van der Waals surface area contributed by atoms with Crippen LogP contribution in [0.2, 0.25) is 0 Å². The van der Waals surface area contributed by atoms with Crippen molar-refractivity contribution in [2.24, 2.45) is 0 Å². The second-order valence-electron chi connectivity index (χ2n) is 4.28. The fourth-order valence-electron chi connectivity index (χ4n) is 1.94. The van der Waals surface area contributed by atoms with E-state index in [4.69, 9.17) is 0 Å². The first-order chi connectivity index (χ1) is 9.63. The van der Waals surface area contributed by atoms with Gasteiger partial charge in [0.2, 0.25) is 0 Å². The van der Waals surface area contributed by atoms with Crippen molar-refractivity contribution in [3.05, 3.63) is 57.8 Å². The molecule has 0 bridgehead atoms. The number of aliphatic carboxylic acids is 1. The molecule has 1 aromatic carbocycles. The molecule has 1 aromatic heterocycles. The first-order valence-electron chi connectivity index (χ1n) is 6.28. The van der Waals surface area contributed by atoms with E-state index in [1.165, 1.54) is 11.3 Å². The molecule has 0 aliphatic carbocycles. The van der Waals surface area contributed by atoms with Gasteiger partial charge in [-0.15, -0.1) is 11.3 Å². The van der Waals surface area contributed by atoms with Gasteiger partial charge in [-0.2, -0.15) is 0 Å². The van der Waals surface area contributed by atoms with Gasteiger partial charge in [0.15, 0.2) is 6.04 Å². The quantitative estimate of drug-likeness (QED) is 0.889. The van der Waals surface area contributed by atoms with Gasteiger partial charge >= 0.3 is 5.97 Å². The summed E-state index contributed by atoms with van der Waals surface area (Å²) in [6.45, 7) is 1.96. The lowest BCUT2D eigenvalue weighted by molar-refractivity contribution is -0.139. The number of thiophene rings is 1. The fraction of sp³-hybridized carbons (Fsp3) is 0.200. The van der Waals surface area contributed by atoms with Crippen molar-refractivity contribution in [1.29, 1.82) is 0 Å². The first kappa shape index (κ1) is 14.3. The molecule has 0 radical (unpaired) electrons. The van der Waals surface area contributed by atoms with Gasteiger partial charge in [0, 0.05) is 0 Å². The monoisotopic (exact) mass is 289 g/mol. The van der Waals surface area contributed by atoms with E-state index in [0.717, 1.165) is 12.0 Å². The second-order valence-corrected chi connectivity index (χ2v) is 5.20. The maximum Gasteiger partial charge on any atom is 0.330 e. The SMILES string of the molecule is CCc1ccsc1C(=O)NC(C(=O)O)c1ccccc1. The zero-order valence-electron chi connectivity index (χ0n) is 11.0. The zero-order chi connectivity index (χ0) is 14.5. The topological polar surface area (TPSA) is 66.4 Å². The molecule has 1 heterocycles. The fourth-order valence-corrected chi connectivity index (χ4v) is 2.84. The van der Waals surface area contributed by atoms with Crippen molar-refractivity contribution in [3.63, 3.8) is 0 Å². The Morgan fingerprint density at radius 1 is 1.25 bits per heavy atom. The van der Waals surface area contributed by atoms with Gasteiger partial charge in [-0.3, -0.25) is 4.79 Å². The zero-order valence-corrected chi connectivity index (χ0v) is 11.8. The Kier molecular flexibility index (Phi) is 4.53. The van der Waals surface area contributed by atoms with Crippen LogP contribution in [0.25, 0.3) is 0 Å². The van der Waals surface area contributed by atoms with Gasteiger partial charge in [-0.25, -0.2) is 4.79 Å². The molecule has 0 aliphatic rings. The average molecular weight is 289 g/mol. The number of carboxylic acids is 1. The largest absolute Gasteiger partial charge is 0.479 e. The van der Waals surface area contributed by atoms with Crippen LogP contribution in [0.4, 0.5) is 0 Å². The highest BCUT2D eigenvalue weighted by atomic mass is 32.1. The smallest absolute Gasteiger partial charge is 0.330 e. The number of aryl methyl sites for hydroxylation is 1. The lowest BCUT2D eigenvalue weighted by Gasteiger charge is -2.14. The molecule has 0 saturated heterocycles. The number of carbonyl (C=O) groups excluding carboxylic acids is 1. The molecule has 5 heteroatoms. The highest BCUT2D eigenvalue weighted by Gasteiger charge is 2.23. The molecule has 2 aromatic rings. The number of amides is 1. The number of hydrogen-bond donors (Lipinski definition) is 2. The number of carboxylic acid groups (broad SMARTS) is 1. The Hall–Kier alpha value is -2.14. The molecular weight excluding hydrogens is 274 g/mol. The summed E-state index contributed by atoms with van der Waals surface area (Å²) in [5.41, 5.74) is 1.49. The lowest BCUT2D eigenvalue weighted by Crippen LogP contribution is -2.33. The van der Waals surface area contributed by atoms with Crippen molar-refractivity contribution >= 4 is 23.2 Å². The summed E-state index contributed by atoms with van der Waals surface area (Å²) in [5.74, 6) is -1.41. The van der Waals surface area contributed by atoms with Crippen molar-refractivity contribution in [1.82, 2.24) is 5.32 Å². The van der Waals surface area contributed by atoms with Crippen LogP contribution in [-0.4, -0.2) is 17.0 Å². The maximum atomic E-state index is 12.2. The molecule has 0 spiro atoms. The number of rotatable bonds is 5. The standard InChI is InChI=1S/C15H15NO3S/c1-2-10-8-9-20-13(10)14(17)16-12(15(18)19)11-6-4-3-5-7-11/h3-9,12H,2H2,1H3,(H,16,17)(H,18,19). The van der Waals surface area contributed by atoms with E-state index in [-0.39, 0.29) is 5.91 Å². The summed E-state index contributed by atoms with van der Waals surface area (Å²) in [6, 6.07) is 9.54. The normalized spacial score (nSPS) is 11.8. The Balaban J connectivity index is 2.21. The van der Waals surface area contributed by atoms with E-state index >= 15 is 0 Å². The van der Waals surface area contributed by atoms with E-state index in [1.54, 1.807) is 30.3 Å². The van der Waals surface area contributed by atoms with Crippen LogP contribution in [0.1, 0.15) is 33.8 Å². The van der Waals surface area contributed by atoms with E-state index in [9.17, 15) is 14.7 Å². The third kappa shape index (κ3) is 3.05. The Morgan fingerprint density at radius 3 is 2.55 bits per heavy atom. The molecule has 2 rings (SSSR count). The maximum absolute atomic E-state index is 12.2. The second kappa shape index (κ2) is 6.34. The minimum Gasteiger partial charge on any atom is -0.479 e. The van der Waals surface area contributed by atoms with E-state index in [2.05, 4.69) is 5.32 Å². The number of hydrogen-bond acceptors (Lipinski definition) is 3. The van der Waals surface area contributed by atoms with E-state index in [0.29, 0.717) is 10.4 Å². The van der Waals surface area contributed by atoms with Crippen molar-refractivity contribution < 1.29 is 14.7 Å². The third-order valence-corrected chi connectivity index (χ3v) is 3.94. The van der Waals surface area contributed by atoms with Crippen LogP contribution in [0.5, 0.6) is 0 Å². The van der Waals surface area contributed by atoms with Gasteiger partial charge < -0.3 is 10.4 Å². The van der Waals surface area contributed by atoms with E-state index in [1.807, 2.05) is 18.4 Å². The number of nitrogens with one attached hydrogen (secondary N) is 1. The molecule has 0 saturated carbocycles. The summed E-state index contributed by atoms with van der Waals surface area (Å²) >= 11 is 1.33. The molecule has 2 N–H and O–H groups in total. The molecule has 104 valence electrons. The summed E-state index contributed by atoms with van der Waals surface area (Å²) < 4.78 is 0. The van der Waals surface area contributed by atoms with Crippen LogP contribution in [-0.2, 0) is 11.2 Å². The third-order valence-electron chi connectivity index (χ3n) is 2.99. The van der Waals surface area contributed by atoms with Crippen molar-refractivity contribution in [3.8, 4) is 0 Å². The van der Waals surface area contributed by atoms with E-state index < -0.39 is 12.0 Å². The highest BCUT2D eigenvalue weighted by Crippen LogP contribution is 2.19. The summed E-state index contributed by atoms with van der Waals surface area (Å²) in [7, 11) is 0. The molecular formula is C15H15NO3S. The molecule has 1 unspecified atom stereocenters. The van der Waals surface area contributed by atoms with Crippen LogP contribution in [0.15, 0.2) is 41.8 Å². The Bertz CT molecular complexity index is 607. The Morgan fingerprint density at radius 2 is 1.95 bits per heavy atom. The number of benzene rings is 1. The summed E-state index contributed by atoms with van der Waals surface area (Å²) in [4.78, 5) is 24.1. The molecule has 0 fully saturated rings. The van der Waals surface area contributed by atoms with Gasteiger partial charge in [-0.05, 0) is 29.0 Å². The molecule has 1 amide bonds. The van der Waals surface area contributed by atoms with Crippen LogP contribution >= 0.6 is 11.3 Å². The minimum atomic E-state index is -1.07.